The van der Waals surface area contributed by atoms with Crippen LogP contribution in [0.4, 0.5) is 0 Å². The lowest BCUT2D eigenvalue weighted by molar-refractivity contribution is -0.137. The van der Waals surface area contributed by atoms with Crippen molar-refractivity contribution in [2.24, 2.45) is 0 Å². The molecule has 0 amide bonds. The molecular weight excluding hydrogens is 308 g/mol. The predicted molar refractivity (Wildman–Crippen MR) is 70.1 cm³/mol. The van der Waals surface area contributed by atoms with Crippen LogP contribution in [0.3, 0.4) is 0 Å². The van der Waals surface area contributed by atoms with Gasteiger partial charge in [0.2, 0.25) is 0 Å². The number of carboxylic acids is 1. The molecule has 0 aliphatic heterocycles. The Morgan fingerprint density at radius 1 is 1.50 bits per heavy atom. The lowest BCUT2D eigenvalue weighted by atomic mass is 10.5. The zero-order chi connectivity index (χ0) is 15.3. The van der Waals surface area contributed by atoms with Gasteiger partial charge in [0.1, 0.15) is 6.54 Å². The number of nitrogens with zero attached hydrogens (tertiary/aromatic N) is 2. The molecule has 0 aromatic carbocycles. The fourth-order valence-electron chi connectivity index (χ4n) is 1.45. The molecule has 1 N–H and O–H groups in total. The zero-order valence-electron chi connectivity index (χ0n) is 10.9. The van der Waals surface area contributed by atoms with Crippen LogP contribution in [0.1, 0.15) is 23.8 Å². The molecule has 0 fully saturated rings. The van der Waals surface area contributed by atoms with Crippen LogP contribution in [0, 0.1) is 0 Å². The van der Waals surface area contributed by atoms with Crippen molar-refractivity contribution in [3.05, 3.63) is 11.2 Å². The number of sulfonamides is 1. The molecule has 0 spiro atoms. The molecular formula is C10H14N2O6S2. The highest BCUT2D eigenvalue weighted by molar-refractivity contribution is 7.91. The van der Waals surface area contributed by atoms with Gasteiger partial charge in [-0.15, -0.1) is 11.3 Å². The second-order valence-electron chi connectivity index (χ2n) is 3.71. The van der Waals surface area contributed by atoms with E-state index in [-0.39, 0.29) is 16.4 Å². The van der Waals surface area contributed by atoms with E-state index in [0.717, 1.165) is 22.8 Å². The van der Waals surface area contributed by atoms with Gasteiger partial charge in [-0.05, 0) is 6.42 Å². The van der Waals surface area contributed by atoms with Gasteiger partial charge < -0.3 is 9.84 Å². The van der Waals surface area contributed by atoms with E-state index in [4.69, 9.17) is 5.11 Å². The molecule has 0 bridgehead atoms. The number of methoxy groups -OCH3 is 1. The summed E-state index contributed by atoms with van der Waals surface area (Å²) in [4.78, 5) is 25.9. The van der Waals surface area contributed by atoms with Gasteiger partial charge in [-0.25, -0.2) is 18.2 Å². The van der Waals surface area contributed by atoms with Crippen molar-refractivity contribution in [3.63, 3.8) is 0 Å². The number of thiazole rings is 1. The number of carbonyl (C=O) groups is 2. The first-order valence-electron chi connectivity index (χ1n) is 5.58. The summed E-state index contributed by atoms with van der Waals surface area (Å²) < 4.78 is 29.7. The van der Waals surface area contributed by atoms with E-state index in [2.05, 4.69) is 9.72 Å². The van der Waals surface area contributed by atoms with Gasteiger partial charge in [0.15, 0.2) is 9.90 Å². The molecule has 0 unspecified atom stereocenters. The summed E-state index contributed by atoms with van der Waals surface area (Å²) in [6.45, 7) is 1.08. The third-order valence-corrected chi connectivity index (χ3v) is 5.46. The Labute approximate surface area is 120 Å². The van der Waals surface area contributed by atoms with E-state index in [1.54, 1.807) is 6.92 Å². The molecule has 0 saturated carbocycles. The molecule has 0 aliphatic carbocycles. The van der Waals surface area contributed by atoms with Crippen LogP contribution in [0.2, 0.25) is 0 Å². The molecule has 0 atom stereocenters. The minimum absolute atomic E-state index is 0.0349. The Morgan fingerprint density at radius 3 is 2.65 bits per heavy atom. The van der Waals surface area contributed by atoms with E-state index in [0.29, 0.717) is 6.42 Å². The first-order chi connectivity index (χ1) is 9.34. The number of esters is 1. The van der Waals surface area contributed by atoms with Gasteiger partial charge in [-0.2, -0.15) is 4.31 Å². The highest BCUT2D eigenvalue weighted by atomic mass is 32.2. The molecule has 1 aromatic heterocycles. The van der Waals surface area contributed by atoms with Crippen molar-refractivity contribution >= 4 is 33.3 Å². The van der Waals surface area contributed by atoms with Crippen LogP contribution < -0.4 is 0 Å². The maximum Gasteiger partial charge on any atom is 0.358 e. The molecule has 0 saturated heterocycles. The molecule has 112 valence electrons. The van der Waals surface area contributed by atoms with Gasteiger partial charge >= 0.3 is 11.9 Å². The van der Waals surface area contributed by atoms with Crippen molar-refractivity contribution in [2.75, 3.05) is 20.2 Å². The van der Waals surface area contributed by atoms with Crippen molar-refractivity contribution in [1.29, 1.82) is 0 Å². The second kappa shape index (κ2) is 6.77. The molecule has 1 aromatic rings. The van der Waals surface area contributed by atoms with Gasteiger partial charge in [0.25, 0.3) is 10.0 Å². The third kappa shape index (κ3) is 3.52. The Balaban J connectivity index is 3.23. The van der Waals surface area contributed by atoms with E-state index in [1.807, 2.05) is 0 Å². The number of rotatable bonds is 7. The molecule has 20 heavy (non-hydrogen) atoms. The highest BCUT2D eigenvalue weighted by Crippen LogP contribution is 2.24. The van der Waals surface area contributed by atoms with Gasteiger partial charge in [0, 0.05) is 6.54 Å². The Bertz CT molecular complexity index is 595. The fraction of sp³-hybridized carbons (Fsp3) is 0.500. The molecule has 8 nitrogen and oxygen atoms in total. The van der Waals surface area contributed by atoms with Crippen LogP contribution in [0.15, 0.2) is 9.72 Å². The van der Waals surface area contributed by atoms with Crippen LogP contribution in [-0.2, 0) is 19.6 Å². The summed E-state index contributed by atoms with van der Waals surface area (Å²) >= 11 is 0.747. The standard InChI is InChI=1S/C10H14N2O6S2/c1-3-4-12(5-7(13)14)20(16,17)10-8(9(15)18-2)11-6-19-10/h6H,3-5H2,1-2H3,(H,13,14). The van der Waals surface area contributed by atoms with Crippen LogP contribution in [-0.4, -0.2) is 55.0 Å². The SMILES string of the molecule is CCCN(CC(=O)O)S(=O)(=O)c1scnc1C(=O)OC. The Hall–Kier alpha value is -1.52. The minimum atomic E-state index is -4.09. The second-order valence-corrected chi connectivity index (χ2v) is 6.70. The molecule has 0 aliphatic rings. The number of ether oxygens (including phenoxy) is 1. The monoisotopic (exact) mass is 322 g/mol. The topological polar surface area (TPSA) is 114 Å². The first-order valence-corrected chi connectivity index (χ1v) is 7.90. The molecule has 0 radical (unpaired) electrons. The van der Waals surface area contributed by atoms with E-state index < -0.39 is 28.5 Å². The quantitative estimate of drug-likeness (QED) is 0.723. The van der Waals surface area contributed by atoms with E-state index in [9.17, 15) is 18.0 Å². The number of aromatic nitrogens is 1. The summed E-state index contributed by atoms with van der Waals surface area (Å²) in [6, 6.07) is 0. The Morgan fingerprint density at radius 2 is 2.15 bits per heavy atom. The number of hydrogen-bond donors (Lipinski definition) is 1. The van der Waals surface area contributed by atoms with E-state index >= 15 is 0 Å². The minimum Gasteiger partial charge on any atom is -0.480 e. The third-order valence-electron chi connectivity index (χ3n) is 2.27. The summed E-state index contributed by atoms with van der Waals surface area (Å²) in [5, 5.41) is 8.79. The largest absolute Gasteiger partial charge is 0.480 e. The van der Waals surface area contributed by atoms with Crippen molar-refractivity contribution in [1.82, 2.24) is 9.29 Å². The zero-order valence-corrected chi connectivity index (χ0v) is 12.5. The van der Waals surface area contributed by atoms with Crippen molar-refractivity contribution in [3.8, 4) is 0 Å². The average Bonchev–Trinajstić information content (AvgIpc) is 2.86. The highest BCUT2D eigenvalue weighted by Gasteiger charge is 2.32. The molecule has 10 heteroatoms. The molecule has 1 heterocycles. The van der Waals surface area contributed by atoms with Crippen LogP contribution in [0.5, 0.6) is 0 Å². The normalized spacial score (nSPS) is 11.6. The summed E-state index contributed by atoms with van der Waals surface area (Å²) in [6.07, 6.45) is 0.443. The lowest BCUT2D eigenvalue weighted by Crippen LogP contribution is -2.36. The Kier molecular flexibility index (Phi) is 5.60. The fourth-order valence-corrected chi connectivity index (χ4v) is 4.20. The predicted octanol–water partition coefficient (Wildman–Crippen LogP) is 0.415. The van der Waals surface area contributed by atoms with E-state index in [1.165, 1.54) is 5.51 Å². The summed E-state index contributed by atoms with van der Waals surface area (Å²) in [5.74, 6) is -2.15. The van der Waals surface area contributed by atoms with Gasteiger partial charge in [-0.3, -0.25) is 4.79 Å². The summed E-state index contributed by atoms with van der Waals surface area (Å²) in [7, 11) is -2.98. The molecule has 1 rings (SSSR count). The number of carbonyl (C=O) groups excluding carboxylic acids is 1. The first kappa shape index (κ1) is 16.5. The van der Waals surface area contributed by atoms with Gasteiger partial charge in [-0.1, -0.05) is 6.92 Å². The number of hydrogen-bond acceptors (Lipinski definition) is 7. The maximum atomic E-state index is 12.4. The van der Waals surface area contributed by atoms with Crippen molar-refractivity contribution in [2.45, 2.75) is 17.6 Å². The van der Waals surface area contributed by atoms with Crippen molar-refractivity contribution < 1.29 is 27.9 Å². The number of aliphatic carboxylic acids is 1. The number of carboxylic acid groups (broad SMARTS) is 1. The average molecular weight is 322 g/mol. The van der Waals surface area contributed by atoms with Crippen LogP contribution >= 0.6 is 11.3 Å². The lowest BCUT2D eigenvalue weighted by Gasteiger charge is -2.18. The van der Waals surface area contributed by atoms with Crippen LogP contribution in [0.25, 0.3) is 0 Å². The summed E-state index contributed by atoms with van der Waals surface area (Å²) in [5.41, 5.74) is 0.869. The van der Waals surface area contributed by atoms with Gasteiger partial charge in [0.05, 0.1) is 12.6 Å². The smallest absolute Gasteiger partial charge is 0.358 e. The maximum absolute atomic E-state index is 12.4.